The van der Waals surface area contributed by atoms with E-state index in [1.54, 1.807) is 36.1 Å². The third kappa shape index (κ3) is 5.90. The molecule has 1 saturated carbocycles. The predicted molar refractivity (Wildman–Crippen MR) is 122 cm³/mol. The van der Waals surface area contributed by atoms with Crippen molar-refractivity contribution in [2.24, 2.45) is 0 Å². The number of hydrogen-bond donors (Lipinski definition) is 1. The lowest BCUT2D eigenvalue weighted by molar-refractivity contribution is -0.140. The topological polar surface area (TPSA) is 49.4 Å². The Morgan fingerprint density at radius 3 is 2.40 bits per heavy atom. The Morgan fingerprint density at radius 2 is 1.73 bits per heavy atom. The van der Waals surface area contributed by atoms with Gasteiger partial charge in [-0.1, -0.05) is 71.9 Å². The molecule has 0 saturated heterocycles. The largest absolute Gasteiger partial charge is 0.352 e. The molecule has 2 aromatic rings. The molecule has 3 rings (SSSR count). The summed E-state index contributed by atoms with van der Waals surface area (Å²) in [4.78, 5) is 27.7. The molecule has 1 fully saturated rings. The highest BCUT2D eigenvalue weighted by Crippen LogP contribution is 2.24. The van der Waals surface area contributed by atoms with Crippen molar-refractivity contribution < 1.29 is 9.59 Å². The molecule has 30 heavy (non-hydrogen) atoms. The van der Waals surface area contributed by atoms with Crippen molar-refractivity contribution in [1.29, 1.82) is 0 Å². The van der Waals surface area contributed by atoms with Crippen LogP contribution in [0.3, 0.4) is 0 Å². The molecular weight excluding hydrogens is 443 g/mol. The van der Waals surface area contributed by atoms with Crippen molar-refractivity contribution in [3.05, 3.63) is 68.7 Å². The molecular formula is C23H25Cl3N2O2. The van der Waals surface area contributed by atoms with Crippen LogP contribution >= 0.6 is 34.8 Å². The van der Waals surface area contributed by atoms with Crippen LogP contribution in [0.4, 0.5) is 0 Å². The minimum absolute atomic E-state index is 0.113. The second kappa shape index (κ2) is 10.5. The van der Waals surface area contributed by atoms with E-state index in [4.69, 9.17) is 34.8 Å². The van der Waals surface area contributed by atoms with Gasteiger partial charge in [-0.3, -0.25) is 9.59 Å². The Morgan fingerprint density at radius 1 is 1.03 bits per heavy atom. The maximum atomic E-state index is 13.2. The summed E-state index contributed by atoms with van der Waals surface area (Å²) in [6.45, 7) is 2.01. The van der Waals surface area contributed by atoms with E-state index in [0.29, 0.717) is 15.1 Å². The number of rotatable bonds is 7. The van der Waals surface area contributed by atoms with Gasteiger partial charge in [-0.25, -0.2) is 0 Å². The smallest absolute Gasteiger partial charge is 0.242 e. The van der Waals surface area contributed by atoms with Gasteiger partial charge in [0.1, 0.15) is 6.04 Å². The number of carbonyl (C=O) groups excluding carboxylic acids is 2. The quantitative estimate of drug-likeness (QED) is 0.571. The minimum atomic E-state index is -0.628. The van der Waals surface area contributed by atoms with Gasteiger partial charge in [-0.05, 0) is 49.1 Å². The summed E-state index contributed by atoms with van der Waals surface area (Å²) in [5.74, 6) is -0.321. The zero-order valence-electron chi connectivity index (χ0n) is 16.8. The summed E-state index contributed by atoms with van der Waals surface area (Å²) in [5.41, 5.74) is 1.53. The second-order valence-corrected chi connectivity index (χ2v) is 8.93. The number of carbonyl (C=O) groups is 2. The van der Waals surface area contributed by atoms with Crippen LogP contribution in [0.1, 0.15) is 43.7 Å². The third-order valence-electron chi connectivity index (χ3n) is 5.51. The van der Waals surface area contributed by atoms with Crippen LogP contribution in [-0.2, 0) is 22.6 Å². The molecule has 2 aromatic carbocycles. The number of nitrogens with zero attached hydrogens (tertiary/aromatic N) is 1. The fourth-order valence-electron chi connectivity index (χ4n) is 3.71. The normalized spacial score (nSPS) is 15.1. The molecule has 1 aliphatic carbocycles. The number of nitrogens with one attached hydrogen (secondary N) is 1. The number of halogens is 3. The van der Waals surface area contributed by atoms with E-state index in [0.717, 1.165) is 36.8 Å². The van der Waals surface area contributed by atoms with Crippen molar-refractivity contribution >= 4 is 46.6 Å². The van der Waals surface area contributed by atoms with Gasteiger partial charge in [0.25, 0.3) is 0 Å². The molecule has 0 aliphatic heterocycles. The van der Waals surface area contributed by atoms with Gasteiger partial charge in [0.15, 0.2) is 0 Å². The maximum absolute atomic E-state index is 13.2. The predicted octanol–water partition coefficient (Wildman–Crippen LogP) is 5.67. The van der Waals surface area contributed by atoms with Gasteiger partial charge in [0.05, 0.1) is 16.5 Å². The lowest BCUT2D eigenvalue weighted by Gasteiger charge is -2.30. The average Bonchev–Trinajstić information content (AvgIpc) is 3.22. The SMILES string of the molecule is C[C@H](C(=O)NC1CCCC1)N(Cc1ccccc1Cl)C(=O)Cc1ccc(Cl)c(Cl)c1. The molecule has 0 radical (unpaired) electrons. The van der Waals surface area contributed by atoms with Crippen LogP contribution < -0.4 is 5.32 Å². The van der Waals surface area contributed by atoms with Crippen LogP contribution in [0.15, 0.2) is 42.5 Å². The first-order valence-electron chi connectivity index (χ1n) is 10.1. The molecule has 2 amide bonds. The Bertz CT molecular complexity index is 913. The molecule has 4 nitrogen and oxygen atoms in total. The highest BCUT2D eigenvalue weighted by Gasteiger charge is 2.29. The van der Waals surface area contributed by atoms with E-state index in [2.05, 4.69) is 5.32 Å². The number of amides is 2. The summed E-state index contributed by atoms with van der Waals surface area (Å²) in [6.07, 6.45) is 4.33. The first kappa shape index (κ1) is 22.9. The van der Waals surface area contributed by atoms with Crippen molar-refractivity contribution in [3.8, 4) is 0 Å². The van der Waals surface area contributed by atoms with Crippen LogP contribution in [-0.4, -0.2) is 28.8 Å². The summed E-state index contributed by atoms with van der Waals surface area (Å²) < 4.78 is 0. The first-order valence-corrected chi connectivity index (χ1v) is 11.3. The average molecular weight is 468 g/mol. The van der Waals surface area contributed by atoms with Gasteiger partial charge in [-0.15, -0.1) is 0 Å². The van der Waals surface area contributed by atoms with Gasteiger partial charge in [0.2, 0.25) is 11.8 Å². The van der Waals surface area contributed by atoms with Gasteiger partial charge in [-0.2, -0.15) is 0 Å². The summed E-state index contributed by atoms with van der Waals surface area (Å²) in [6, 6.07) is 12.0. The summed E-state index contributed by atoms with van der Waals surface area (Å²) in [5, 5.41) is 4.48. The van der Waals surface area contributed by atoms with Crippen LogP contribution in [0.5, 0.6) is 0 Å². The molecule has 0 bridgehead atoms. The summed E-state index contributed by atoms with van der Waals surface area (Å²) in [7, 11) is 0. The lowest BCUT2D eigenvalue weighted by atomic mass is 10.1. The minimum Gasteiger partial charge on any atom is -0.352 e. The Hall–Kier alpha value is -1.75. The molecule has 1 N–H and O–H groups in total. The second-order valence-electron chi connectivity index (χ2n) is 7.70. The molecule has 1 atom stereocenters. The standard InChI is InChI=1S/C23H25Cl3N2O2/c1-15(23(30)27-18-7-3-4-8-18)28(14-17-6-2-5-9-19(17)24)22(29)13-16-10-11-20(25)21(26)12-16/h2,5-6,9-12,15,18H,3-4,7-8,13-14H2,1H3,(H,27,30)/t15-/m1/s1. The Kier molecular flexibility index (Phi) is 8.04. The molecule has 1 aliphatic rings. The fourth-order valence-corrected chi connectivity index (χ4v) is 4.23. The van der Waals surface area contributed by atoms with Crippen molar-refractivity contribution in [1.82, 2.24) is 10.2 Å². The molecule has 0 aromatic heterocycles. The highest BCUT2D eigenvalue weighted by molar-refractivity contribution is 6.42. The van der Waals surface area contributed by atoms with Crippen LogP contribution in [0.2, 0.25) is 15.1 Å². The number of hydrogen-bond acceptors (Lipinski definition) is 2. The van der Waals surface area contributed by atoms with E-state index >= 15 is 0 Å². The maximum Gasteiger partial charge on any atom is 0.242 e. The molecule has 160 valence electrons. The van der Waals surface area contributed by atoms with Crippen LogP contribution in [0.25, 0.3) is 0 Å². The van der Waals surface area contributed by atoms with Crippen molar-refractivity contribution in [2.45, 2.75) is 57.7 Å². The van der Waals surface area contributed by atoms with Crippen molar-refractivity contribution in [3.63, 3.8) is 0 Å². The van der Waals surface area contributed by atoms with E-state index in [1.165, 1.54) is 0 Å². The zero-order chi connectivity index (χ0) is 21.7. The van der Waals surface area contributed by atoms with Gasteiger partial charge >= 0.3 is 0 Å². The Labute approximate surface area is 192 Å². The lowest BCUT2D eigenvalue weighted by Crippen LogP contribution is -2.50. The monoisotopic (exact) mass is 466 g/mol. The van der Waals surface area contributed by atoms with E-state index in [1.807, 2.05) is 18.2 Å². The molecule has 7 heteroatoms. The highest BCUT2D eigenvalue weighted by atomic mass is 35.5. The molecule has 0 unspecified atom stereocenters. The third-order valence-corrected chi connectivity index (χ3v) is 6.61. The van der Waals surface area contributed by atoms with E-state index in [9.17, 15) is 9.59 Å². The van der Waals surface area contributed by atoms with E-state index < -0.39 is 6.04 Å². The Balaban J connectivity index is 1.79. The van der Waals surface area contributed by atoms with Gasteiger partial charge < -0.3 is 10.2 Å². The van der Waals surface area contributed by atoms with Crippen LogP contribution in [0, 0.1) is 0 Å². The van der Waals surface area contributed by atoms with Gasteiger partial charge in [0, 0.05) is 17.6 Å². The number of benzene rings is 2. The van der Waals surface area contributed by atoms with E-state index in [-0.39, 0.29) is 30.8 Å². The first-order chi connectivity index (χ1) is 14.3. The summed E-state index contributed by atoms with van der Waals surface area (Å²) >= 11 is 18.4. The molecule has 0 heterocycles. The zero-order valence-corrected chi connectivity index (χ0v) is 19.1. The fraction of sp³-hybridized carbons (Fsp3) is 0.391. The molecule has 0 spiro atoms. The van der Waals surface area contributed by atoms with Crippen molar-refractivity contribution in [2.75, 3.05) is 0 Å².